The number of rotatable bonds is 2. The van der Waals surface area contributed by atoms with Crippen molar-refractivity contribution < 1.29 is 13.9 Å². The van der Waals surface area contributed by atoms with Crippen molar-refractivity contribution in [3.8, 4) is 0 Å². The van der Waals surface area contributed by atoms with Crippen LogP contribution in [0.2, 0.25) is 0 Å². The number of nitrogens with one attached hydrogen (secondary N) is 1. The minimum Gasteiger partial charge on any atom is -0.444 e. The van der Waals surface area contributed by atoms with Gasteiger partial charge < -0.3 is 10.1 Å². The van der Waals surface area contributed by atoms with Crippen molar-refractivity contribution in [2.24, 2.45) is 0 Å². The van der Waals surface area contributed by atoms with Gasteiger partial charge in [0.15, 0.2) is 0 Å². The molecule has 4 heteroatoms. The topological polar surface area (TPSA) is 38.3 Å². The molecule has 0 atom stereocenters. The highest BCUT2D eigenvalue weighted by molar-refractivity contribution is 5.67. The highest BCUT2D eigenvalue weighted by Crippen LogP contribution is 2.05. The average Bonchev–Trinajstić information content (AvgIpc) is 1.79. The third-order valence-corrected chi connectivity index (χ3v) is 0.763. The molecule has 0 aromatic heterocycles. The average molecular weight is 162 g/mol. The molecule has 0 fully saturated rings. The normalized spacial score (nSPS) is 10.9. The molecule has 66 valence electrons. The van der Waals surface area contributed by atoms with Gasteiger partial charge in [0, 0.05) is 6.54 Å². The number of hydrogen-bond donors (Lipinski definition) is 1. The maximum absolute atomic E-state index is 11.5. The molecule has 0 aliphatic rings. The second-order valence-corrected chi connectivity index (χ2v) is 3.12. The maximum Gasteiger partial charge on any atom is 0.407 e. The molecule has 0 aromatic rings. The zero-order chi connectivity index (χ0) is 8.91. The van der Waals surface area contributed by atoms with Crippen molar-refractivity contribution in [2.75, 3.05) is 13.2 Å². The molecule has 0 unspecified atom stereocenters. The van der Waals surface area contributed by atoms with Gasteiger partial charge >= 0.3 is 6.09 Å². The molecule has 0 saturated heterocycles. The van der Waals surface area contributed by atoms with Crippen molar-refractivity contribution in [3.63, 3.8) is 0 Å². The Kier molecular flexibility index (Phi) is 3.85. The largest absolute Gasteiger partial charge is 0.444 e. The highest BCUT2D eigenvalue weighted by atomic mass is 18.2. The summed E-state index contributed by atoms with van der Waals surface area (Å²) in [6.45, 7) is 4.69. The van der Waals surface area contributed by atoms with Crippen LogP contribution >= 0.6 is 0 Å². The Morgan fingerprint density at radius 2 is 2.09 bits per heavy atom. The van der Waals surface area contributed by atoms with Gasteiger partial charge in [-0.3, -0.25) is 0 Å². The smallest absolute Gasteiger partial charge is 0.407 e. The first kappa shape index (κ1) is 10.2. The van der Waals surface area contributed by atoms with Crippen LogP contribution in [-0.2, 0) is 4.74 Å². The van der Waals surface area contributed by atoms with Gasteiger partial charge in [-0.15, -0.1) is 0 Å². The van der Waals surface area contributed by atoms with Crippen LogP contribution in [0.1, 0.15) is 20.8 Å². The number of carbonyl (C=O) groups is 1. The molecule has 11 heavy (non-hydrogen) atoms. The molecule has 1 N–H and O–H groups in total. The minimum atomic E-state index is -0.574. The Bertz CT molecular complexity index is 131. The molecular weight excluding hydrogens is 148 g/mol. The highest BCUT2D eigenvalue weighted by Gasteiger charge is 2.15. The Morgan fingerprint density at radius 3 is 2.45 bits per heavy atom. The number of carbonyl (C=O) groups excluding carboxylic acids is 1. The number of alkyl halides is 1. The second kappa shape index (κ2) is 4.16. The van der Waals surface area contributed by atoms with Crippen molar-refractivity contribution in [3.05, 3.63) is 0 Å². The number of ether oxygens (including phenoxy) is 1. The van der Waals surface area contributed by atoms with E-state index in [9.17, 15) is 9.18 Å². The van der Waals surface area contributed by atoms with Gasteiger partial charge in [-0.1, -0.05) is 0 Å². The fourth-order valence-electron chi connectivity index (χ4n) is 0.463. The SMILES string of the molecule is CC(C)(C)OC(=O)NCC[18F]. The maximum atomic E-state index is 11.5. The first-order valence-electron chi connectivity index (χ1n) is 3.48. The van der Waals surface area contributed by atoms with Crippen LogP contribution < -0.4 is 5.32 Å². The fourth-order valence-corrected chi connectivity index (χ4v) is 0.463. The van der Waals surface area contributed by atoms with E-state index in [4.69, 9.17) is 4.74 Å². The van der Waals surface area contributed by atoms with Crippen molar-refractivity contribution in [2.45, 2.75) is 26.4 Å². The lowest BCUT2D eigenvalue weighted by Gasteiger charge is -2.19. The molecule has 0 heterocycles. The van der Waals surface area contributed by atoms with Crippen LogP contribution in [0.3, 0.4) is 0 Å². The molecule has 0 bridgehead atoms. The Morgan fingerprint density at radius 1 is 1.55 bits per heavy atom. The molecule has 0 spiro atoms. The molecule has 0 radical (unpaired) electrons. The van der Waals surface area contributed by atoms with Crippen LogP contribution in [0, 0.1) is 0 Å². The molecule has 1 amide bonds. The van der Waals surface area contributed by atoms with E-state index in [1.165, 1.54) is 0 Å². The van der Waals surface area contributed by atoms with Gasteiger partial charge in [0.25, 0.3) is 0 Å². The summed E-state index contributed by atoms with van der Waals surface area (Å²) >= 11 is 0. The zero-order valence-electron chi connectivity index (χ0n) is 7.11. The predicted molar refractivity (Wildman–Crippen MR) is 40.2 cm³/mol. The lowest BCUT2D eigenvalue weighted by molar-refractivity contribution is 0.0524. The minimum absolute atomic E-state index is 0.00884. The number of amides is 1. The zero-order valence-corrected chi connectivity index (χ0v) is 7.11. The summed E-state index contributed by atoms with van der Waals surface area (Å²) < 4.78 is 16.3. The van der Waals surface area contributed by atoms with Crippen LogP contribution in [0.15, 0.2) is 0 Å². The fraction of sp³-hybridized carbons (Fsp3) is 0.857. The van der Waals surface area contributed by atoms with E-state index in [-0.39, 0.29) is 6.54 Å². The summed E-state index contributed by atoms with van der Waals surface area (Å²) in [7, 11) is 0. The second-order valence-electron chi connectivity index (χ2n) is 3.12. The summed E-state index contributed by atoms with van der Waals surface area (Å²) in [5.74, 6) is 0. The van der Waals surface area contributed by atoms with E-state index in [1.807, 2.05) is 0 Å². The van der Waals surface area contributed by atoms with Gasteiger partial charge in [-0.25, -0.2) is 9.18 Å². The van der Waals surface area contributed by atoms with Crippen molar-refractivity contribution in [1.82, 2.24) is 5.32 Å². The standard InChI is InChI=1S/C7H14FNO2/c1-7(2,3)11-6(10)9-5-4-8/h4-5H2,1-3H3,(H,9,10)/i8-1. The summed E-state index contributed by atoms with van der Waals surface area (Å²) in [5.41, 5.74) is -0.513. The van der Waals surface area contributed by atoms with Crippen molar-refractivity contribution >= 4 is 6.09 Å². The van der Waals surface area contributed by atoms with Gasteiger partial charge in [-0.05, 0) is 20.8 Å². The van der Waals surface area contributed by atoms with Crippen molar-refractivity contribution in [1.29, 1.82) is 0 Å². The number of alkyl carbamates (subject to hydrolysis) is 1. The molecule has 3 nitrogen and oxygen atoms in total. The van der Waals surface area contributed by atoms with E-state index < -0.39 is 18.4 Å². The lowest BCUT2D eigenvalue weighted by atomic mass is 10.2. The molecular formula is C7H14FNO2. The monoisotopic (exact) mass is 162 g/mol. The van der Waals surface area contributed by atoms with E-state index in [0.29, 0.717) is 0 Å². The summed E-state index contributed by atoms with van der Waals surface area (Å²) in [4.78, 5) is 10.7. The summed E-state index contributed by atoms with van der Waals surface area (Å²) in [6, 6.07) is 0. The molecule has 0 aliphatic heterocycles. The Hall–Kier alpha value is -0.800. The quantitative estimate of drug-likeness (QED) is 0.667. The van der Waals surface area contributed by atoms with Gasteiger partial charge in [0.05, 0.1) is 0 Å². The number of halogens is 1. The van der Waals surface area contributed by atoms with E-state index in [1.54, 1.807) is 20.8 Å². The Labute approximate surface area is 65.9 Å². The van der Waals surface area contributed by atoms with Gasteiger partial charge in [0.1, 0.15) is 12.3 Å². The first-order valence-corrected chi connectivity index (χ1v) is 3.48. The third-order valence-electron chi connectivity index (χ3n) is 0.763. The van der Waals surface area contributed by atoms with Crippen LogP contribution in [0.4, 0.5) is 9.18 Å². The first-order chi connectivity index (χ1) is 4.95. The van der Waals surface area contributed by atoms with Crippen LogP contribution in [-0.4, -0.2) is 24.9 Å². The molecule has 0 rings (SSSR count). The van der Waals surface area contributed by atoms with E-state index in [0.717, 1.165) is 0 Å². The molecule has 0 saturated carbocycles. The van der Waals surface area contributed by atoms with Crippen LogP contribution in [0.5, 0.6) is 0 Å². The Balaban J connectivity index is 3.53. The molecule has 0 aliphatic carbocycles. The van der Waals surface area contributed by atoms with E-state index >= 15 is 0 Å². The van der Waals surface area contributed by atoms with Crippen LogP contribution in [0.25, 0.3) is 0 Å². The van der Waals surface area contributed by atoms with Gasteiger partial charge in [0.2, 0.25) is 0 Å². The number of hydrogen-bond acceptors (Lipinski definition) is 2. The lowest BCUT2D eigenvalue weighted by Crippen LogP contribution is -2.33. The molecule has 0 aromatic carbocycles. The summed E-state index contributed by atoms with van der Waals surface area (Å²) in [5, 5.41) is 2.25. The predicted octanol–water partition coefficient (Wildman–Crippen LogP) is 1.48. The van der Waals surface area contributed by atoms with E-state index in [2.05, 4.69) is 5.32 Å². The summed E-state index contributed by atoms with van der Waals surface area (Å²) in [6.07, 6.45) is -0.574. The van der Waals surface area contributed by atoms with Gasteiger partial charge in [-0.2, -0.15) is 0 Å². The third kappa shape index (κ3) is 7.09.